The first kappa shape index (κ1) is 26.8. The molecule has 7 N–H and O–H groups in total. The van der Waals surface area contributed by atoms with Gasteiger partial charge in [-0.2, -0.15) is 12.6 Å². The number of aliphatic carboxylic acids is 1. The first-order chi connectivity index (χ1) is 15.7. The third-order valence-electron chi connectivity index (χ3n) is 5.79. The number of carboxylic acids is 1. The van der Waals surface area contributed by atoms with Crippen molar-refractivity contribution in [3.8, 4) is 0 Å². The van der Waals surface area contributed by atoms with Crippen molar-refractivity contribution in [2.45, 2.75) is 55.9 Å². The monoisotopic (exact) mass is 489 g/mol. The van der Waals surface area contributed by atoms with E-state index in [0.717, 1.165) is 0 Å². The molecule has 2 fully saturated rings. The molecule has 33 heavy (non-hydrogen) atoms. The lowest BCUT2D eigenvalue weighted by atomic mass is 10.1. The minimum absolute atomic E-state index is 0.122. The molecule has 0 aromatic rings. The molecule has 2 aliphatic rings. The maximum absolute atomic E-state index is 12.8. The zero-order valence-corrected chi connectivity index (χ0v) is 18.9. The predicted molar refractivity (Wildman–Crippen MR) is 117 cm³/mol. The van der Waals surface area contributed by atoms with Gasteiger partial charge in [-0.25, -0.2) is 4.79 Å². The summed E-state index contributed by atoms with van der Waals surface area (Å²) in [7, 11) is 0. The Morgan fingerprint density at radius 1 is 0.909 bits per heavy atom. The fraction of sp³-hybridized carbons (Fsp3) is 0.737. The van der Waals surface area contributed by atoms with Crippen LogP contribution in [0.15, 0.2) is 0 Å². The van der Waals surface area contributed by atoms with E-state index in [2.05, 4.69) is 23.3 Å². The van der Waals surface area contributed by atoms with Crippen LogP contribution in [0.3, 0.4) is 0 Å². The number of rotatable bonds is 10. The fourth-order valence-corrected chi connectivity index (χ4v) is 4.25. The quantitative estimate of drug-likeness (QED) is 0.151. The number of likely N-dealkylation sites (tertiary alicyclic amines) is 2. The molecular weight excluding hydrogens is 458 g/mol. The molecule has 2 saturated heterocycles. The molecule has 0 aromatic heterocycles. The number of aliphatic hydroxyl groups is 2. The Morgan fingerprint density at radius 3 is 2.00 bits per heavy atom. The first-order valence-corrected chi connectivity index (χ1v) is 11.3. The average Bonchev–Trinajstić information content (AvgIpc) is 3.49. The minimum atomic E-state index is -1.41. The Bertz CT molecular complexity index is 768. The lowest BCUT2D eigenvalue weighted by Gasteiger charge is -2.29. The average molecular weight is 490 g/mol. The normalized spacial score (nSPS) is 23.0. The van der Waals surface area contributed by atoms with E-state index in [0.29, 0.717) is 25.7 Å². The summed E-state index contributed by atoms with van der Waals surface area (Å²) in [5.41, 5.74) is 5.56. The number of carboxylic acid groups (broad SMARTS) is 1. The molecule has 5 atom stereocenters. The molecule has 2 rings (SSSR count). The molecule has 2 heterocycles. The second-order valence-corrected chi connectivity index (χ2v) is 8.36. The van der Waals surface area contributed by atoms with E-state index in [-0.39, 0.29) is 18.8 Å². The Balaban J connectivity index is 2.02. The van der Waals surface area contributed by atoms with E-state index >= 15 is 0 Å². The molecule has 0 bridgehead atoms. The largest absolute Gasteiger partial charge is 0.480 e. The SMILES string of the molecule is N[C@@H](CO)C(=O)N1CCC[C@H]1C(=O)N[C@@H](CO)C(=O)N[C@@H](CS)C(=O)N1CCC[C@H]1C(=O)O. The van der Waals surface area contributed by atoms with Crippen molar-refractivity contribution < 1.29 is 39.3 Å². The lowest BCUT2D eigenvalue weighted by molar-refractivity contribution is -0.149. The highest BCUT2D eigenvalue weighted by atomic mass is 32.1. The van der Waals surface area contributed by atoms with E-state index < -0.39 is 73.0 Å². The Morgan fingerprint density at radius 2 is 1.48 bits per heavy atom. The highest BCUT2D eigenvalue weighted by Gasteiger charge is 2.39. The van der Waals surface area contributed by atoms with Gasteiger partial charge in [0.1, 0.15) is 30.2 Å². The van der Waals surface area contributed by atoms with Crippen LogP contribution < -0.4 is 16.4 Å². The Hall–Kier alpha value is -2.42. The zero-order chi connectivity index (χ0) is 24.7. The fourth-order valence-electron chi connectivity index (χ4n) is 4.00. The number of aliphatic hydroxyl groups excluding tert-OH is 2. The van der Waals surface area contributed by atoms with Gasteiger partial charge in [0.15, 0.2) is 0 Å². The number of nitrogens with two attached hydrogens (primary N) is 1. The summed E-state index contributed by atoms with van der Waals surface area (Å²) >= 11 is 4.07. The number of hydrogen-bond donors (Lipinski definition) is 7. The molecule has 0 spiro atoms. The van der Waals surface area contributed by atoms with Gasteiger partial charge in [0.05, 0.1) is 13.2 Å². The van der Waals surface area contributed by atoms with Crippen LogP contribution in [-0.4, -0.2) is 117 Å². The summed E-state index contributed by atoms with van der Waals surface area (Å²) in [5.74, 6) is -4.01. The summed E-state index contributed by atoms with van der Waals surface area (Å²) < 4.78 is 0. The van der Waals surface area contributed by atoms with Gasteiger partial charge in [0.2, 0.25) is 23.6 Å². The first-order valence-electron chi connectivity index (χ1n) is 10.7. The number of nitrogens with one attached hydrogen (secondary N) is 2. The van der Waals surface area contributed by atoms with Gasteiger partial charge in [-0.05, 0) is 25.7 Å². The van der Waals surface area contributed by atoms with Crippen LogP contribution in [0, 0.1) is 0 Å². The van der Waals surface area contributed by atoms with Gasteiger partial charge >= 0.3 is 5.97 Å². The van der Waals surface area contributed by atoms with Gasteiger partial charge < -0.3 is 41.5 Å². The van der Waals surface area contributed by atoms with Crippen LogP contribution in [0.1, 0.15) is 25.7 Å². The molecule has 0 radical (unpaired) electrons. The van der Waals surface area contributed by atoms with Gasteiger partial charge in [-0.15, -0.1) is 0 Å². The highest BCUT2D eigenvalue weighted by molar-refractivity contribution is 7.80. The molecular formula is C19H31N5O8S. The van der Waals surface area contributed by atoms with Crippen LogP contribution in [0.2, 0.25) is 0 Å². The zero-order valence-electron chi connectivity index (χ0n) is 18.1. The van der Waals surface area contributed by atoms with Gasteiger partial charge in [-0.1, -0.05) is 0 Å². The van der Waals surface area contributed by atoms with Crippen molar-refractivity contribution in [2.24, 2.45) is 5.73 Å². The van der Waals surface area contributed by atoms with E-state index in [4.69, 9.17) is 10.8 Å². The van der Waals surface area contributed by atoms with Crippen molar-refractivity contribution in [3.05, 3.63) is 0 Å². The van der Waals surface area contributed by atoms with Crippen LogP contribution in [0.25, 0.3) is 0 Å². The van der Waals surface area contributed by atoms with Gasteiger partial charge in [0.25, 0.3) is 0 Å². The second kappa shape index (κ2) is 12.2. The molecule has 0 unspecified atom stereocenters. The van der Waals surface area contributed by atoms with E-state index in [1.165, 1.54) is 9.80 Å². The molecule has 4 amide bonds. The van der Waals surface area contributed by atoms with Crippen molar-refractivity contribution >= 4 is 42.2 Å². The Kier molecular flexibility index (Phi) is 9.88. The molecule has 2 aliphatic heterocycles. The number of carbonyl (C=O) groups is 5. The second-order valence-electron chi connectivity index (χ2n) is 7.99. The lowest BCUT2D eigenvalue weighted by Crippen LogP contribution is -2.59. The smallest absolute Gasteiger partial charge is 0.326 e. The van der Waals surface area contributed by atoms with E-state index in [1.54, 1.807) is 0 Å². The van der Waals surface area contributed by atoms with Crippen LogP contribution >= 0.6 is 12.6 Å². The summed E-state index contributed by atoms with van der Waals surface area (Å²) in [5, 5.41) is 32.8. The highest BCUT2D eigenvalue weighted by Crippen LogP contribution is 2.20. The molecule has 13 nitrogen and oxygen atoms in total. The summed E-state index contributed by atoms with van der Waals surface area (Å²) in [6.45, 7) is -0.859. The molecule has 14 heteroatoms. The van der Waals surface area contributed by atoms with Crippen molar-refractivity contribution in [3.63, 3.8) is 0 Å². The van der Waals surface area contributed by atoms with Crippen LogP contribution in [0.4, 0.5) is 0 Å². The third-order valence-corrected chi connectivity index (χ3v) is 6.15. The molecule has 0 saturated carbocycles. The molecule has 0 aromatic carbocycles. The number of carbonyl (C=O) groups excluding carboxylic acids is 4. The van der Waals surface area contributed by atoms with Crippen LogP contribution in [0.5, 0.6) is 0 Å². The number of hydrogen-bond acceptors (Lipinski definition) is 9. The van der Waals surface area contributed by atoms with Gasteiger partial charge in [0, 0.05) is 18.8 Å². The van der Waals surface area contributed by atoms with E-state index in [1.807, 2.05) is 0 Å². The standard InChI is InChI=1S/C19H31N5O8S/c20-10(7-25)17(29)23-5-1-3-13(23)16(28)21-11(8-26)15(27)22-12(9-33)18(30)24-6-2-4-14(24)19(31)32/h10-14,25-26,33H,1-9,20H2,(H,21,28)(H,22,27)(H,31,32)/t10-,11-,12-,13-,14-/m0/s1. The van der Waals surface area contributed by atoms with Crippen molar-refractivity contribution in [2.75, 3.05) is 32.1 Å². The van der Waals surface area contributed by atoms with Gasteiger partial charge in [-0.3, -0.25) is 19.2 Å². The van der Waals surface area contributed by atoms with Crippen molar-refractivity contribution in [1.82, 2.24) is 20.4 Å². The predicted octanol–water partition coefficient (Wildman–Crippen LogP) is -3.74. The third kappa shape index (κ3) is 6.34. The Labute approximate surface area is 196 Å². The molecule has 186 valence electrons. The minimum Gasteiger partial charge on any atom is -0.480 e. The maximum Gasteiger partial charge on any atom is 0.326 e. The number of amides is 4. The summed E-state index contributed by atoms with van der Waals surface area (Å²) in [4.78, 5) is 64.1. The number of nitrogens with zero attached hydrogens (tertiary/aromatic N) is 2. The van der Waals surface area contributed by atoms with E-state index in [9.17, 15) is 34.2 Å². The maximum atomic E-state index is 12.8. The molecule has 0 aliphatic carbocycles. The van der Waals surface area contributed by atoms with Crippen LogP contribution in [-0.2, 0) is 24.0 Å². The van der Waals surface area contributed by atoms with Crippen molar-refractivity contribution in [1.29, 1.82) is 0 Å². The summed E-state index contributed by atoms with van der Waals surface area (Å²) in [6, 6.07) is -5.64. The summed E-state index contributed by atoms with van der Waals surface area (Å²) in [6.07, 6.45) is 1.66. The number of thiol groups is 1. The topological polar surface area (TPSA) is 203 Å².